The minimum Gasteiger partial charge on any atom is -0.397 e. The summed E-state index contributed by atoms with van der Waals surface area (Å²) in [6.07, 6.45) is 3.11. The third kappa shape index (κ3) is 2.84. The maximum atomic E-state index is 13.5. The van der Waals surface area contributed by atoms with E-state index in [0.717, 1.165) is 25.3 Å². The zero-order chi connectivity index (χ0) is 12.1. The lowest BCUT2D eigenvalue weighted by atomic mass is 10.2. The zero-order valence-electron chi connectivity index (χ0n) is 9.76. The van der Waals surface area contributed by atoms with Crippen molar-refractivity contribution in [1.29, 1.82) is 0 Å². The molecule has 0 aromatic heterocycles. The van der Waals surface area contributed by atoms with Gasteiger partial charge in [-0.3, -0.25) is 0 Å². The molecule has 90 valence electrons. The number of hydrogen-bond donors (Lipinski definition) is 1. The maximum Gasteiger partial charge on any atom is 0.184 e. The molecule has 0 fully saturated rings. The number of benzene rings is 1. The van der Waals surface area contributed by atoms with Crippen molar-refractivity contribution in [1.82, 2.24) is 0 Å². The van der Waals surface area contributed by atoms with Gasteiger partial charge in [0.1, 0.15) is 0 Å². The first-order valence-corrected chi connectivity index (χ1v) is 5.52. The summed E-state index contributed by atoms with van der Waals surface area (Å²) < 4.78 is 26.6. The number of halogens is 2. The molecule has 0 heterocycles. The lowest BCUT2D eigenvalue weighted by molar-refractivity contribution is 0.507. The van der Waals surface area contributed by atoms with Crippen molar-refractivity contribution in [2.24, 2.45) is 0 Å². The van der Waals surface area contributed by atoms with E-state index >= 15 is 0 Å². The van der Waals surface area contributed by atoms with Crippen LogP contribution in [0.25, 0.3) is 0 Å². The van der Waals surface area contributed by atoms with Crippen LogP contribution >= 0.6 is 0 Å². The normalized spacial score (nSPS) is 10.5. The maximum absolute atomic E-state index is 13.5. The van der Waals surface area contributed by atoms with Gasteiger partial charge in [0.25, 0.3) is 0 Å². The number of nitrogens with two attached hydrogens (primary N) is 1. The Balaban J connectivity index is 2.81. The van der Waals surface area contributed by atoms with Gasteiger partial charge in [-0.05, 0) is 18.6 Å². The molecule has 0 amide bonds. The summed E-state index contributed by atoms with van der Waals surface area (Å²) >= 11 is 0. The van der Waals surface area contributed by atoms with Crippen LogP contribution < -0.4 is 10.6 Å². The van der Waals surface area contributed by atoms with Gasteiger partial charge in [0.2, 0.25) is 0 Å². The molecular formula is C12H18F2N2. The fraction of sp³-hybridized carbons (Fsp3) is 0.500. The summed E-state index contributed by atoms with van der Waals surface area (Å²) in [5, 5.41) is 0. The van der Waals surface area contributed by atoms with E-state index in [4.69, 9.17) is 5.73 Å². The largest absolute Gasteiger partial charge is 0.397 e. The number of nitrogens with zero attached hydrogens (tertiary/aromatic N) is 1. The molecule has 2 nitrogen and oxygen atoms in total. The lowest BCUT2D eigenvalue weighted by Crippen LogP contribution is -2.21. The Bertz CT molecular complexity index is 353. The fourth-order valence-electron chi connectivity index (χ4n) is 1.65. The monoisotopic (exact) mass is 228 g/mol. The Hall–Kier alpha value is -1.32. The topological polar surface area (TPSA) is 29.3 Å². The molecule has 16 heavy (non-hydrogen) atoms. The fourth-order valence-corrected chi connectivity index (χ4v) is 1.65. The van der Waals surface area contributed by atoms with Crippen LogP contribution in [0.4, 0.5) is 20.2 Å². The molecule has 0 aliphatic heterocycles. The molecule has 0 bridgehead atoms. The SMILES string of the molecule is CCCCCN(C)c1c(N)ccc(F)c1F. The summed E-state index contributed by atoms with van der Waals surface area (Å²) in [5.41, 5.74) is 6.09. The average Bonchev–Trinajstić information content (AvgIpc) is 2.24. The third-order valence-electron chi connectivity index (χ3n) is 2.58. The predicted molar refractivity (Wildman–Crippen MR) is 63.6 cm³/mol. The molecule has 0 radical (unpaired) electrons. The third-order valence-corrected chi connectivity index (χ3v) is 2.58. The second kappa shape index (κ2) is 5.68. The van der Waals surface area contributed by atoms with Crippen molar-refractivity contribution < 1.29 is 8.78 Å². The van der Waals surface area contributed by atoms with E-state index in [1.54, 1.807) is 11.9 Å². The molecule has 0 aliphatic carbocycles. The number of anilines is 2. The van der Waals surface area contributed by atoms with Crippen molar-refractivity contribution in [3.8, 4) is 0 Å². The summed E-state index contributed by atoms with van der Waals surface area (Å²) in [5.74, 6) is -1.72. The van der Waals surface area contributed by atoms with Gasteiger partial charge < -0.3 is 10.6 Å². The van der Waals surface area contributed by atoms with Crippen molar-refractivity contribution in [2.75, 3.05) is 24.2 Å². The molecule has 0 unspecified atom stereocenters. The highest BCUT2D eigenvalue weighted by Crippen LogP contribution is 2.27. The minimum atomic E-state index is -0.862. The number of nitrogen functional groups attached to an aromatic ring is 1. The minimum absolute atomic E-state index is 0.163. The van der Waals surface area contributed by atoms with Crippen LogP contribution in [0.5, 0.6) is 0 Å². The summed E-state index contributed by atoms with van der Waals surface area (Å²) in [6, 6.07) is 2.44. The van der Waals surface area contributed by atoms with Crippen LogP contribution in [0.2, 0.25) is 0 Å². The van der Waals surface area contributed by atoms with Gasteiger partial charge in [-0.1, -0.05) is 19.8 Å². The zero-order valence-corrected chi connectivity index (χ0v) is 9.76. The highest BCUT2D eigenvalue weighted by atomic mass is 19.2. The van der Waals surface area contributed by atoms with Crippen LogP contribution in [0, 0.1) is 11.6 Å². The van der Waals surface area contributed by atoms with E-state index in [-0.39, 0.29) is 11.4 Å². The van der Waals surface area contributed by atoms with Gasteiger partial charge >= 0.3 is 0 Å². The predicted octanol–water partition coefficient (Wildman–Crippen LogP) is 3.17. The lowest BCUT2D eigenvalue weighted by Gasteiger charge is -2.21. The first-order valence-electron chi connectivity index (χ1n) is 5.52. The van der Waals surface area contributed by atoms with Crippen molar-refractivity contribution in [2.45, 2.75) is 26.2 Å². The van der Waals surface area contributed by atoms with Crippen molar-refractivity contribution in [3.63, 3.8) is 0 Å². The van der Waals surface area contributed by atoms with E-state index in [0.29, 0.717) is 6.54 Å². The standard InChI is InChI=1S/C12H18F2N2/c1-3-4-5-8-16(2)12-10(15)7-6-9(13)11(12)14/h6-7H,3-5,8,15H2,1-2H3. The van der Waals surface area contributed by atoms with Crippen LogP contribution in [-0.2, 0) is 0 Å². The van der Waals surface area contributed by atoms with Crippen molar-refractivity contribution in [3.05, 3.63) is 23.8 Å². The Morgan fingerprint density at radius 2 is 1.94 bits per heavy atom. The van der Waals surface area contributed by atoms with E-state index in [9.17, 15) is 8.78 Å². The first kappa shape index (κ1) is 12.7. The van der Waals surface area contributed by atoms with Gasteiger partial charge in [0.15, 0.2) is 11.6 Å². The summed E-state index contributed by atoms with van der Waals surface area (Å²) in [6.45, 7) is 2.77. The molecule has 1 aromatic carbocycles. The Morgan fingerprint density at radius 3 is 2.56 bits per heavy atom. The first-order chi connectivity index (χ1) is 7.57. The smallest absolute Gasteiger partial charge is 0.184 e. The quantitative estimate of drug-likeness (QED) is 0.619. The van der Waals surface area contributed by atoms with E-state index < -0.39 is 11.6 Å². The van der Waals surface area contributed by atoms with Gasteiger partial charge in [0.05, 0.1) is 11.4 Å². The molecule has 2 N–H and O–H groups in total. The van der Waals surface area contributed by atoms with Gasteiger partial charge in [0, 0.05) is 13.6 Å². The number of rotatable bonds is 5. The number of hydrogen-bond acceptors (Lipinski definition) is 2. The highest BCUT2D eigenvalue weighted by molar-refractivity contribution is 5.68. The van der Waals surface area contributed by atoms with Crippen LogP contribution in [0.1, 0.15) is 26.2 Å². The van der Waals surface area contributed by atoms with E-state index in [2.05, 4.69) is 6.92 Å². The molecule has 4 heteroatoms. The highest BCUT2D eigenvalue weighted by Gasteiger charge is 2.15. The summed E-state index contributed by atoms with van der Waals surface area (Å²) in [4.78, 5) is 1.67. The molecular weight excluding hydrogens is 210 g/mol. The second-order valence-electron chi connectivity index (χ2n) is 3.93. The number of unbranched alkanes of at least 4 members (excludes halogenated alkanes) is 2. The molecule has 0 saturated heterocycles. The van der Waals surface area contributed by atoms with Crippen LogP contribution in [0.3, 0.4) is 0 Å². The molecule has 0 aliphatic rings. The average molecular weight is 228 g/mol. The molecule has 0 atom stereocenters. The second-order valence-corrected chi connectivity index (χ2v) is 3.93. The van der Waals surface area contributed by atoms with Gasteiger partial charge in [-0.15, -0.1) is 0 Å². The summed E-state index contributed by atoms with van der Waals surface area (Å²) in [7, 11) is 1.73. The van der Waals surface area contributed by atoms with Crippen molar-refractivity contribution >= 4 is 11.4 Å². The Kier molecular flexibility index (Phi) is 4.52. The van der Waals surface area contributed by atoms with Crippen LogP contribution in [0.15, 0.2) is 12.1 Å². The van der Waals surface area contributed by atoms with Crippen LogP contribution in [-0.4, -0.2) is 13.6 Å². The molecule has 0 saturated carbocycles. The Morgan fingerprint density at radius 1 is 1.25 bits per heavy atom. The van der Waals surface area contributed by atoms with E-state index in [1.807, 2.05) is 0 Å². The molecule has 1 aromatic rings. The van der Waals surface area contributed by atoms with E-state index in [1.165, 1.54) is 6.07 Å². The van der Waals surface area contributed by atoms with Gasteiger partial charge in [-0.25, -0.2) is 8.78 Å². The van der Waals surface area contributed by atoms with Gasteiger partial charge in [-0.2, -0.15) is 0 Å². The Labute approximate surface area is 95.1 Å². The molecule has 1 rings (SSSR count). The molecule has 0 spiro atoms.